The van der Waals surface area contributed by atoms with Crippen molar-refractivity contribution in [3.05, 3.63) is 5.21 Å². The van der Waals surface area contributed by atoms with Gasteiger partial charge in [-0.1, -0.05) is 104 Å². The van der Waals surface area contributed by atoms with Gasteiger partial charge in [0.1, 0.15) is 13.1 Å². The molecule has 0 unspecified atom stereocenters. The van der Waals surface area contributed by atoms with Crippen LogP contribution in [0.1, 0.15) is 129 Å². The predicted octanol–water partition coefficient (Wildman–Crippen LogP) is 7.04. The monoisotopic (exact) mass is 489 g/mol. The van der Waals surface area contributed by atoms with E-state index in [2.05, 4.69) is 20.9 Å². The lowest BCUT2D eigenvalue weighted by Gasteiger charge is -2.33. The topological polar surface area (TPSA) is 63.5 Å². The molecule has 5 heteroatoms. The molecule has 2 N–H and O–H groups in total. The summed E-state index contributed by atoms with van der Waals surface area (Å²) in [6.07, 6.45) is 24.1. The van der Waals surface area contributed by atoms with Gasteiger partial charge >= 0.3 is 0 Å². The molecule has 0 spiro atoms. The van der Waals surface area contributed by atoms with E-state index in [1.165, 1.54) is 109 Å². The maximum atomic E-state index is 11.1. The van der Waals surface area contributed by atoms with Crippen LogP contribution in [-0.2, 0) is 0 Å². The number of aliphatic hydroxyl groups is 2. The lowest BCUT2D eigenvalue weighted by molar-refractivity contribution is -0.910. The van der Waals surface area contributed by atoms with Crippen molar-refractivity contribution in [2.75, 3.05) is 60.5 Å². The Morgan fingerprint density at radius 2 is 0.735 bits per heavy atom. The number of likely N-dealkylation sites (N-methyl/N-ethyl adjacent to an activating group) is 1. The summed E-state index contributed by atoms with van der Waals surface area (Å²) in [4.78, 5) is 0. The molecule has 5 nitrogen and oxygen atoms in total. The largest absolute Gasteiger partial charge is 0.633 e. The van der Waals surface area contributed by atoms with E-state index in [0.29, 0.717) is 0 Å². The molecule has 0 amide bonds. The van der Waals surface area contributed by atoms with Crippen molar-refractivity contribution in [3.63, 3.8) is 0 Å². The third-order valence-corrected chi connectivity index (χ3v) is 6.88. The molecule has 0 rings (SSSR count). The minimum atomic E-state index is -0.131. The zero-order valence-electron chi connectivity index (χ0n) is 24.2. The van der Waals surface area contributed by atoms with Gasteiger partial charge in [0.25, 0.3) is 0 Å². The second-order valence-corrected chi connectivity index (χ2v) is 11.2. The Kier molecular flexibility index (Phi) is 27.4. The number of hydroxylamine groups is 3. The Morgan fingerprint density at radius 3 is 1.03 bits per heavy atom. The fraction of sp³-hybridized carbons (Fsp3) is 1.00. The summed E-state index contributed by atoms with van der Waals surface area (Å²) >= 11 is 0. The summed E-state index contributed by atoms with van der Waals surface area (Å²) in [6.45, 7) is 8.30. The number of unbranched alkanes of at least 4 members (excludes halogenated alkanes) is 16. The lowest BCUT2D eigenvalue weighted by Crippen LogP contribution is -2.48. The molecule has 0 aromatic carbocycles. The van der Waals surface area contributed by atoms with Crippen LogP contribution in [0.25, 0.3) is 0 Å². The van der Waals surface area contributed by atoms with E-state index in [0.717, 1.165) is 37.1 Å². The van der Waals surface area contributed by atoms with Gasteiger partial charge in [0, 0.05) is 0 Å². The van der Waals surface area contributed by atoms with Crippen LogP contribution in [0.2, 0.25) is 0 Å². The molecule has 0 radical (unpaired) electrons. The number of hydrogen-bond donors (Lipinski definition) is 2. The minimum Gasteiger partial charge on any atom is -0.633 e. The average molecular weight is 490 g/mol. The molecule has 0 aromatic rings. The maximum Gasteiger partial charge on any atom is 0.102 e. The van der Waals surface area contributed by atoms with Crippen LogP contribution >= 0.6 is 0 Å². The second-order valence-electron chi connectivity index (χ2n) is 11.2. The van der Waals surface area contributed by atoms with Crippen LogP contribution in [0.4, 0.5) is 0 Å². The summed E-state index contributed by atoms with van der Waals surface area (Å²) < 4.78 is 0.679. The zero-order valence-corrected chi connectivity index (χ0v) is 24.2. The SMILES string of the molecule is CCCCCCCCCCCCCC[N+](C)(CCO)CCO.CCCCCCCC[N+](C)(C)[O-]. The van der Waals surface area contributed by atoms with Crippen molar-refractivity contribution in [2.45, 2.75) is 129 Å². The standard InChI is InChI=1S/C19H42NO2.C10H23NO/c1-3-4-5-6-7-8-9-10-11-12-13-14-15-20(2,16-18-21)17-19-22;1-4-5-6-7-8-9-10-11(2,3)12/h21-22H,3-19H2,1-2H3;4-10H2,1-3H3/q+1;. The van der Waals surface area contributed by atoms with Crippen LogP contribution in [0, 0.1) is 5.21 Å². The highest BCUT2D eigenvalue weighted by atomic mass is 16.5. The highest BCUT2D eigenvalue weighted by Gasteiger charge is 2.19. The third kappa shape index (κ3) is 29.8. The molecule has 0 aromatic heterocycles. The Labute approximate surface area is 214 Å². The van der Waals surface area contributed by atoms with Crippen molar-refractivity contribution < 1.29 is 19.3 Å². The highest BCUT2D eigenvalue weighted by Crippen LogP contribution is 2.13. The Bertz CT molecular complexity index is 380. The summed E-state index contributed by atoms with van der Waals surface area (Å²) in [5.74, 6) is 0. The molecule has 208 valence electrons. The van der Waals surface area contributed by atoms with Gasteiger partial charge < -0.3 is 24.5 Å². The summed E-state index contributed by atoms with van der Waals surface area (Å²) in [5.41, 5.74) is 0. The predicted molar refractivity (Wildman–Crippen MR) is 150 cm³/mol. The van der Waals surface area contributed by atoms with Crippen molar-refractivity contribution in [3.8, 4) is 0 Å². The fourth-order valence-corrected chi connectivity index (χ4v) is 4.43. The first kappa shape index (κ1) is 36.0. The van der Waals surface area contributed by atoms with Gasteiger partial charge in [-0.25, -0.2) is 0 Å². The summed E-state index contributed by atoms with van der Waals surface area (Å²) in [5, 5.41) is 29.4. The highest BCUT2D eigenvalue weighted by molar-refractivity contribution is 4.49. The Hall–Kier alpha value is -0.200. The smallest absolute Gasteiger partial charge is 0.102 e. The second kappa shape index (κ2) is 25.9. The van der Waals surface area contributed by atoms with Gasteiger partial charge in [0.05, 0.1) is 47.4 Å². The molecule has 0 fully saturated rings. The molecule has 0 atom stereocenters. The first-order valence-corrected chi connectivity index (χ1v) is 14.8. The maximum absolute atomic E-state index is 11.1. The van der Waals surface area contributed by atoms with Gasteiger partial charge in [0.2, 0.25) is 0 Å². The lowest BCUT2D eigenvalue weighted by atomic mass is 10.1. The molecule has 0 saturated carbocycles. The number of quaternary nitrogens is 2. The average Bonchev–Trinajstić information content (AvgIpc) is 2.77. The molecule has 0 aliphatic heterocycles. The number of aliphatic hydroxyl groups excluding tert-OH is 2. The van der Waals surface area contributed by atoms with Crippen LogP contribution in [0.3, 0.4) is 0 Å². The van der Waals surface area contributed by atoms with Gasteiger partial charge in [-0.15, -0.1) is 0 Å². The first-order valence-electron chi connectivity index (χ1n) is 14.8. The molecule has 0 aliphatic rings. The van der Waals surface area contributed by atoms with Crippen LogP contribution in [0.15, 0.2) is 0 Å². The van der Waals surface area contributed by atoms with E-state index < -0.39 is 0 Å². The van der Waals surface area contributed by atoms with Gasteiger partial charge in [-0.05, 0) is 25.7 Å². The number of rotatable bonds is 24. The molecular weight excluding hydrogens is 424 g/mol. The molecule has 0 aliphatic carbocycles. The van der Waals surface area contributed by atoms with Crippen molar-refractivity contribution in [2.24, 2.45) is 0 Å². The zero-order chi connectivity index (χ0) is 26.0. The first-order chi connectivity index (χ1) is 16.2. The van der Waals surface area contributed by atoms with E-state index in [4.69, 9.17) is 10.2 Å². The van der Waals surface area contributed by atoms with Gasteiger partial charge in [-0.3, -0.25) is 0 Å². The molecule has 34 heavy (non-hydrogen) atoms. The van der Waals surface area contributed by atoms with Gasteiger partial charge in [0.15, 0.2) is 0 Å². The molecule has 0 bridgehead atoms. The number of hydrogen-bond acceptors (Lipinski definition) is 3. The van der Waals surface area contributed by atoms with E-state index in [9.17, 15) is 5.21 Å². The van der Waals surface area contributed by atoms with E-state index in [1.807, 2.05) is 0 Å². The van der Waals surface area contributed by atoms with Crippen molar-refractivity contribution in [1.82, 2.24) is 0 Å². The quantitative estimate of drug-likeness (QED) is 0.0868. The number of nitrogens with zero attached hydrogens (tertiary/aromatic N) is 2. The van der Waals surface area contributed by atoms with Gasteiger partial charge in [-0.2, -0.15) is 0 Å². The van der Waals surface area contributed by atoms with Crippen LogP contribution in [-0.4, -0.2) is 79.9 Å². The minimum absolute atomic E-state index is 0.131. The molecule has 0 saturated heterocycles. The van der Waals surface area contributed by atoms with Crippen molar-refractivity contribution in [1.29, 1.82) is 0 Å². The van der Waals surface area contributed by atoms with Crippen LogP contribution < -0.4 is 0 Å². The summed E-state index contributed by atoms with van der Waals surface area (Å²) in [7, 11) is 5.57. The van der Waals surface area contributed by atoms with E-state index >= 15 is 0 Å². The summed E-state index contributed by atoms with van der Waals surface area (Å²) in [6, 6.07) is 0. The van der Waals surface area contributed by atoms with Crippen molar-refractivity contribution >= 4 is 0 Å². The third-order valence-electron chi connectivity index (χ3n) is 6.88. The normalized spacial score (nSPS) is 12.0. The Balaban J connectivity index is 0. The fourth-order valence-electron chi connectivity index (χ4n) is 4.43. The van der Waals surface area contributed by atoms with E-state index in [-0.39, 0.29) is 17.9 Å². The Morgan fingerprint density at radius 1 is 0.441 bits per heavy atom. The van der Waals surface area contributed by atoms with E-state index in [1.54, 1.807) is 14.1 Å². The molecular formula is C29H65N2O3+. The van der Waals surface area contributed by atoms with Crippen LogP contribution in [0.5, 0.6) is 0 Å². The molecule has 0 heterocycles.